The first kappa shape index (κ1) is 17.5. The lowest BCUT2D eigenvalue weighted by molar-refractivity contribution is 1.23. The zero-order valence-corrected chi connectivity index (χ0v) is 16.6. The SMILES string of the molecule is c1cncc(-c2nsnc2SCCSc2nsnc2-c2cccnc2)c1. The van der Waals surface area contributed by atoms with Crippen molar-refractivity contribution in [3.05, 3.63) is 49.1 Å². The highest BCUT2D eigenvalue weighted by molar-refractivity contribution is 8.03. The number of rotatable bonds is 7. The number of hydrogen-bond donors (Lipinski definition) is 0. The normalized spacial score (nSPS) is 10.9. The van der Waals surface area contributed by atoms with Crippen LogP contribution in [0.1, 0.15) is 0 Å². The van der Waals surface area contributed by atoms with E-state index in [1.54, 1.807) is 35.9 Å². The second-order valence-electron chi connectivity index (χ2n) is 5.02. The fraction of sp³-hybridized carbons (Fsp3) is 0.125. The molecular formula is C16H12N6S4. The molecule has 0 fully saturated rings. The molecular weight excluding hydrogens is 404 g/mol. The molecule has 0 amide bonds. The molecule has 4 aromatic rings. The molecule has 0 spiro atoms. The van der Waals surface area contributed by atoms with Gasteiger partial charge in [0.1, 0.15) is 21.4 Å². The van der Waals surface area contributed by atoms with E-state index in [0.29, 0.717) is 0 Å². The van der Waals surface area contributed by atoms with Gasteiger partial charge >= 0.3 is 0 Å². The van der Waals surface area contributed by atoms with Crippen LogP contribution < -0.4 is 0 Å². The molecule has 0 aliphatic rings. The van der Waals surface area contributed by atoms with Crippen molar-refractivity contribution in [3.8, 4) is 22.5 Å². The van der Waals surface area contributed by atoms with Gasteiger partial charge in [0.2, 0.25) is 0 Å². The highest BCUT2D eigenvalue weighted by Crippen LogP contribution is 2.32. The van der Waals surface area contributed by atoms with Crippen molar-refractivity contribution < 1.29 is 0 Å². The predicted octanol–water partition coefficient (Wildman–Crippen LogP) is 4.40. The van der Waals surface area contributed by atoms with Crippen LogP contribution in [0.2, 0.25) is 0 Å². The molecule has 0 saturated heterocycles. The fourth-order valence-electron chi connectivity index (χ4n) is 2.19. The maximum absolute atomic E-state index is 4.41. The third-order valence-electron chi connectivity index (χ3n) is 3.35. The van der Waals surface area contributed by atoms with Crippen molar-refractivity contribution in [1.82, 2.24) is 27.5 Å². The monoisotopic (exact) mass is 416 g/mol. The molecule has 26 heavy (non-hydrogen) atoms. The van der Waals surface area contributed by atoms with Gasteiger partial charge in [-0.3, -0.25) is 9.97 Å². The Kier molecular flexibility index (Phi) is 5.85. The van der Waals surface area contributed by atoms with E-state index in [0.717, 1.165) is 44.1 Å². The van der Waals surface area contributed by atoms with Crippen molar-refractivity contribution in [2.45, 2.75) is 10.1 Å². The summed E-state index contributed by atoms with van der Waals surface area (Å²) >= 11 is 5.87. The lowest BCUT2D eigenvalue weighted by atomic mass is 10.2. The van der Waals surface area contributed by atoms with Crippen LogP contribution in [-0.4, -0.2) is 39.0 Å². The van der Waals surface area contributed by atoms with Crippen LogP contribution in [0.4, 0.5) is 0 Å². The summed E-state index contributed by atoms with van der Waals surface area (Å²) in [6, 6.07) is 7.83. The van der Waals surface area contributed by atoms with E-state index < -0.39 is 0 Å². The summed E-state index contributed by atoms with van der Waals surface area (Å²) in [5, 5.41) is 1.90. The molecule has 0 saturated carbocycles. The minimum Gasteiger partial charge on any atom is -0.264 e. The molecule has 0 N–H and O–H groups in total. The lowest BCUT2D eigenvalue weighted by Gasteiger charge is -2.02. The van der Waals surface area contributed by atoms with Gasteiger partial charge in [0, 0.05) is 47.4 Å². The summed E-state index contributed by atoms with van der Waals surface area (Å²) < 4.78 is 17.6. The number of thioether (sulfide) groups is 2. The van der Waals surface area contributed by atoms with E-state index in [-0.39, 0.29) is 0 Å². The van der Waals surface area contributed by atoms with Gasteiger partial charge in [0.25, 0.3) is 0 Å². The molecule has 4 rings (SSSR count). The van der Waals surface area contributed by atoms with Gasteiger partial charge in [-0.2, -0.15) is 17.5 Å². The van der Waals surface area contributed by atoms with E-state index in [2.05, 4.69) is 27.5 Å². The number of nitrogens with zero attached hydrogens (tertiary/aromatic N) is 6. The minimum absolute atomic E-state index is 0.907. The molecule has 0 aliphatic heterocycles. The molecule has 0 aliphatic carbocycles. The molecule has 4 aromatic heterocycles. The standard InChI is InChI=1S/C16H12N6S4/c1-3-11(9-17-5-1)13-15(21-25-19-13)23-7-8-24-16-14(20-26-22-16)12-4-2-6-18-10-12/h1-6,9-10H,7-8H2. The molecule has 4 heterocycles. The highest BCUT2D eigenvalue weighted by atomic mass is 32.2. The second kappa shape index (κ2) is 8.67. The first-order valence-electron chi connectivity index (χ1n) is 7.63. The van der Waals surface area contributed by atoms with Crippen LogP contribution in [-0.2, 0) is 0 Å². The molecule has 0 atom stereocenters. The van der Waals surface area contributed by atoms with Crippen molar-refractivity contribution in [2.24, 2.45) is 0 Å². The van der Waals surface area contributed by atoms with Crippen LogP contribution in [0, 0.1) is 0 Å². The smallest absolute Gasteiger partial charge is 0.138 e. The Balaban J connectivity index is 1.36. The fourth-order valence-corrected chi connectivity index (χ4v) is 5.53. The first-order chi connectivity index (χ1) is 12.9. The zero-order chi connectivity index (χ0) is 17.6. The van der Waals surface area contributed by atoms with Gasteiger partial charge in [-0.1, -0.05) is 0 Å². The average Bonchev–Trinajstić information content (AvgIpc) is 3.36. The predicted molar refractivity (Wildman–Crippen MR) is 108 cm³/mol. The van der Waals surface area contributed by atoms with Gasteiger partial charge in [-0.25, -0.2) is 0 Å². The van der Waals surface area contributed by atoms with E-state index >= 15 is 0 Å². The Morgan fingerprint density at radius 1 is 0.692 bits per heavy atom. The van der Waals surface area contributed by atoms with E-state index in [1.165, 1.54) is 23.5 Å². The van der Waals surface area contributed by atoms with Crippen LogP contribution in [0.25, 0.3) is 22.5 Å². The van der Waals surface area contributed by atoms with Crippen molar-refractivity contribution in [2.75, 3.05) is 11.5 Å². The maximum atomic E-state index is 4.41. The molecule has 130 valence electrons. The molecule has 0 unspecified atom stereocenters. The third-order valence-corrected chi connectivity index (χ3v) is 6.83. The summed E-state index contributed by atoms with van der Waals surface area (Å²) in [7, 11) is 0. The second-order valence-corrected chi connectivity index (χ2v) is 8.24. The number of pyridine rings is 2. The molecule has 0 aromatic carbocycles. The van der Waals surface area contributed by atoms with Gasteiger partial charge in [0.15, 0.2) is 0 Å². The van der Waals surface area contributed by atoms with Crippen LogP contribution >= 0.6 is 47.0 Å². The van der Waals surface area contributed by atoms with Gasteiger partial charge in [-0.05, 0) is 24.3 Å². The van der Waals surface area contributed by atoms with Crippen molar-refractivity contribution >= 4 is 47.0 Å². The third kappa shape index (κ3) is 4.09. The van der Waals surface area contributed by atoms with E-state index in [1.807, 2.05) is 36.7 Å². The van der Waals surface area contributed by atoms with Crippen molar-refractivity contribution in [3.63, 3.8) is 0 Å². The van der Waals surface area contributed by atoms with Gasteiger partial charge in [0.05, 0.1) is 23.5 Å². The Labute approximate surface area is 167 Å². The van der Waals surface area contributed by atoms with Crippen LogP contribution in [0.5, 0.6) is 0 Å². The zero-order valence-electron chi connectivity index (χ0n) is 13.3. The number of hydrogen-bond acceptors (Lipinski definition) is 10. The summed E-state index contributed by atoms with van der Waals surface area (Å²) in [4.78, 5) is 8.31. The molecule has 0 bridgehead atoms. The van der Waals surface area contributed by atoms with Crippen LogP contribution in [0.15, 0.2) is 59.1 Å². The van der Waals surface area contributed by atoms with E-state index in [9.17, 15) is 0 Å². The van der Waals surface area contributed by atoms with Gasteiger partial charge in [-0.15, -0.1) is 23.5 Å². The Morgan fingerprint density at radius 3 is 1.62 bits per heavy atom. The van der Waals surface area contributed by atoms with Crippen molar-refractivity contribution in [1.29, 1.82) is 0 Å². The highest BCUT2D eigenvalue weighted by Gasteiger charge is 2.13. The summed E-state index contributed by atoms with van der Waals surface area (Å²) in [6.45, 7) is 0. The lowest BCUT2D eigenvalue weighted by Crippen LogP contribution is -1.89. The maximum Gasteiger partial charge on any atom is 0.138 e. The first-order valence-corrected chi connectivity index (χ1v) is 11.1. The Hall–Kier alpha value is -1.88. The molecule has 6 nitrogen and oxygen atoms in total. The number of aromatic nitrogens is 6. The topological polar surface area (TPSA) is 77.3 Å². The average molecular weight is 417 g/mol. The Bertz CT molecular complexity index is 877. The van der Waals surface area contributed by atoms with Gasteiger partial charge < -0.3 is 0 Å². The quantitative estimate of drug-likeness (QED) is 0.324. The van der Waals surface area contributed by atoms with E-state index in [4.69, 9.17) is 0 Å². The summed E-state index contributed by atoms with van der Waals surface area (Å²) in [5.74, 6) is 1.82. The molecule has 10 heteroatoms. The minimum atomic E-state index is 0.907. The summed E-state index contributed by atoms with van der Waals surface area (Å²) in [5.41, 5.74) is 3.81. The Morgan fingerprint density at radius 2 is 1.19 bits per heavy atom. The molecule has 0 radical (unpaired) electrons. The van der Waals surface area contributed by atoms with Crippen LogP contribution in [0.3, 0.4) is 0 Å². The summed E-state index contributed by atoms with van der Waals surface area (Å²) in [6.07, 6.45) is 7.15. The largest absolute Gasteiger partial charge is 0.264 e.